The molecule has 1 aliphatic heterocycles. The number of carbonyl (C=O) groups is 2. The van der Waals surface area contributed by atoms with E-state index < -0.39 is 0 Å². The third-order valence-electron chi connectivity index (χ3n) is 4.62. The Balaban J connectivity index is 1.41. The molecule has 0 unspecified atom stereocenters. The van der Waals surface area contributed by atoms with Gasteiger partial charge in [-0.2, -0.15) is 0 Å². The maximum absolute atomic E-state index is 13.9. The number of amides is 1. The zero-order chi connectivity index (χ0) is 20.6. The van der Waals surface area contributed by atoms with E-state index in [2.05, 4.69) is 10.3 Å². The van der Waals surface area contributed by atoms with Crippen LogP contribution in [0.4, 0.5) is 15.2 Å². The highest BCUT2D eigenvalue weighted by molar-refractivity contribution is 7.13. The Labute approximate surface area is 173 Å². The Morgan fingerprint density at radius 2 is 2.00 bits per heavy atom. The van der Waals surface area contributed by atoms with Crippen LogP contribution in [-0.4, -0.2) is 61.1 Å². The average Bonchev–Trinajstić information content (AvgIpc) is 3.15. The standard InChI is InChI=1S/C20H25FN4O3S/c1-2-28-19(27)8-7-15-14-29-20(22-15)23-18(26)13-24-9-11-25(12-10-24)17-6-4-3-5-16(17)21/h3-6,14H,2,7-13H2,1H3,(H,22,23,26). The number of nitrogens with zero attached hydrogens (tertiary/aromatic N) is 3. The van der Waals surface area contributed by atoms with Crippen LogP contribution >= 0.6 is 11.3 Å². The number of carbonyl (C=O) groups excluding carboxylic acids is 2. The van der Waals surface area contributed by atoms with Gasteiger partial charge in [-0.05, 0) is 19.1 Å². The molecule has 1 N–H and O–H groups in total. The van der Waals surface area contributed by atoms with Gasteiger partial charge in [0.1, 0.15) is 5.82 Å². The van der Waals surface area contributed by atoms with Crippen molar-refractivity contribution in [1.82, 2.24) is 9.88 Å². The molecule has 0 atom stereocenters. The van der Waals surface area contributed by atoms with Crippen molar-refractivity contribution in [2.75, 3.05) is 49.5 Å². The molecule has 1 saturated heterocycles. The Hall–Kier alpha value is -2.52. The maximum Gasteiger partial charge on any atom is 0.306 e. The Morgan fingerprint density at radius 3 is 2.72 bits per heavy atom. The molecule has 156 valence electrons. The van der Waals surface area contributed by atoms with Crippen LogP contribution in [0.3, 0.4) is 0 Å². The molecule has 7 nitrogen and oxygen atoms in total. The lowest BCUT2D eigenvalue weighted by molar-refractivity contribution is -0.143. The number of nitrogens with one attached hydrogen (secondary N) is 1. The smallest absolute Gasteiger partial charge is 0.306 e. The normalized spacial score (nSPS) is 14.6. The van der Waals surface area contributed by atoms with Crippen molar-refractivity contribution in [3.63, 3.8) is 0 Å². The molecule has 3 rings (SSSR count). The lowest BCUT2D eigenvalue weighted by Crippen LogP contribution is -2.48. The first-order valence-corrected chi connectivity index (χ1v) is 10.5. The minimum absolute atomic E-state index is 0.129. The molecule has 9 heteroatoms. The molecule has 2 heterocycles. The van der Waals surface area contributed by atoms with Crippen LogP contribution in [0.5, 0.6) is 0 Å². The van der Waals surface area contributed by atoms with E-state index in [9.17, 15) is 14.0 Å². The first kappa shape index (κ1) is 21.2. The summed E-state index contributed by atoms with van der Waals surface area (Å²) in [5.74, 6) is -0.600. The monoisotopic (exact) mass is 420 g/mol. The number of benzene rings is 1. The van der Waals surface area contributed by atoms with E-state index in [1.807, 2.05) is 21.2 Å². The van der Waals surface area contributed by atoms with Crippen molar-refractivity contribution in [2.24, 2.45) is 0 Å². The minimum Gasteiger partial charge on any atom is -0.466 e. The van der Waals surface area contributed by atoms with Crippen LogP contribution in [0.15, 0.2) is 29.6 Å². The molecule has 1 fully saturated rings. The molecular formula is C20H25FN4O3S. The summed E-state index contributed by atoms with van der Waals surface area (Å²) >= 11 is 1.34. The van der Waals surface area contributed by atoms with Gasteiger partial charge in [0.15, 0.2) is 5.13 Å². The van der Waals surface area contributed by atoms with Gasteiger partial charge < -0.3 is 15.0 Å². The number of piperazine rings is 1. The van der Waals surface area contributed by atoms with Gasteiger partial charge in [-0.3, -0.25) is 14.5 Å². The number of hydrogen-bond acceptors (Lipinski definition) is 7. The van der Waals surface area contributed by atoms with E-state index in [0.717, 1.165) is 5.69 Å². The van der Waals surface area contributed by atoms with Crippen LogP contribution in [-0.2, 0) is 20.7 Å². The minimum atomic E-state index is -0.249. The van der Waals surface area contributed by atoms with Crippen LogP contribution < -0.4 is 10.2 Å². The second kappa shape index (κ2) is 10.3. The van der Waals surface area contributed by atoms with Crippen LogP contribution in [0.2, 0.25) is 0 Å². The summed E-state index contributed by atoms with van der Waals surface area (Å²) in [5.41, 5.74) is 1.37. The largest absolute Gasteiger partial charge is 0.466 e. The summed E-state index contributed by atoms with van der Waals surface area (Å²) in [4.78, 5) is 32.1. The van der Waals surface area contributed by atoms with Crippen molar-refractivity contribution in [3.8, 4) is 0 Å². The zero-order valence-electron chi connectivity index (χ0n) is 16.4. The topological polar surface area (TPSA) is 74.8 Å². The molecule has 1 amide bonds. The maximum atomic E-state index is 13.9. The number of esters is 1. The molecular weight excluding hydrogens is 395 g/mol. The number of aromatic nitrogens is 1. The zero-order valence-corrected chi connectivity index (χ0v) is 17.2. The summed E-state index contributed by atoms with van der Waals surface area (Å²) in [6.45, 7) is 5.12. The molecule has 2 aromatic rings. The van der Waals surface area contributed by atoms with Crippen molar-refractivity contribution in [3.05, 3.63) is 41.2 Å². The summed E-state index contributed by atoms with van der Waals surface area (Å²) in [6, 6.07) is 6.75. The molecule has 0 spiro atoms. The van der Waals surface area contributed by atoms with E-state index in [4.69, 9.17) is 4.74 Å². The van der Waals surface area contributed by atoms with E-state index in [1.54, 1.807) is 19.1 Å². The van der Waals surface area contributed by atoms with Gasteiger partial charge in [0.25, 0.3) is 0 Å². The fourth-order valence-electron chi connectivity index (χ4n) is 3.16. The molecule has 0 bridgehead atoms. The highest BCUT2D eigenvalue weighted by Gasteiger charge is 2.21. The summed E-state index contributed by atoms with van der Waals surface area (Å²) in [5, 5.41) is 5.17. The number of halogens is 1. The van der Waals surface area contributed by atoms with Gasteiger partial charge in [-0.25, -0.2) is 9.37 Å². The summed E-state index contributed by atoms with van der Waals surface area (Å²) in [6.07, 6.45) is 0.764. The average molecular weight is 421 g/mol. The molecule has 0 saturated carbocycles. The van der Waals surface area contributed by atoms with E-state index in [-0.39, 0.29) is 30.7 Å². The van der Waals surface area contributed by atoms with Gasteiger partial charge in [0.2, 0.25) is 5.91 Å². The van der Waals surface area contributed by atoms with E-state index >= 15 is 0 Å². The van der Waals surface area contributed by atoms with Gasteiger partial charge in [0, 0.05) is 38.0 Å². The number of ether oxygens (including phenoxy) is 1. The lowest BCUT2D eigenvalue weighted by Gasteiger charge is -2.35. The third kappa shape index (κ3) is 6.23. The Kier molecular flexibility index (Phi) is 7.54. The predicted molar refractivity (Wildman–Crippen MR) is 111 cm³/mol. The molecule has 0 radical (unpaired) electrons. The highest BCUT2D eigenvalue weighted by atomic mass is 32.1. The summed E-state index contributed by atoms with van der Waals surface area (Å²) in [7, 11) is 0. The van der Waals surface area contributed by atoms with Gasteiger partial charge in [0.05, 0.1) is 31.0 Å². The number of anilines is 2. The fourth-order valence-corrected chi connectivity index (χ4v) is 3.92. The Bertz CT molecular complexity index is 837. The molecule has 1 aromatic carbocycles. The van der Waals surface area contributed by atoms with Gasteiger partial charge in [-0.1, -0.05) is 12.1 Å². The van der Waals surface area contributed by atoms with Gasteiger partial charge >= 0.3 is 5.97 Å². The predicted octanol–water partition coefficient (Wildman–Crippen LogP) is 2.54. The van der Waals surface area contributed by atoms with Crippen molar-refractivity contribution in [2.45, 2.75) is 19.8 Å². The molecule has 1 aliphatic rings. The SMILES string of the molecule is CCOC(=O)CCc1csc(NC(=O)CN2CCN(c3ccccc3F)CC2)n1. The highest BCUT2D eigenvalue weighted by Crippen LogP contribution is 2.20. The number of aryl methyl sites for hydroxylation is 1. The van der Waals surface area contributed by atoms with E-state index in [1.165, 1.54) is 17.4 Å². The fraction of sp³-hybridized carbons (Fsp3) is 0.450. The summed E-state index contributed by atoms with van der Waals surface area (Å²) < 4.78 is 18.8. The van der Waals surface area contributed by atoms with E-state index in [0.29, 0.717) is 50.0 Å². The van der Waals surface area contributed by atoms with Gasteiger partial charge in [-0.15, -0.1) is 11.3 Å². The molecule has 0 aliphatic carbocycles. The third-order valence-corrected chi connectivity index (χ3v) is 5.43. The number of thiazole rings is 1. The number of hydrogen-bond donors (Lipinski definition) is 1. The van der Waals surface area contributed by atoms with Crippen LogP contribution in [0.25, 0.3) is 0 Å². The van der Waals surface area contributed by atoms with Crippen molar-refractivity contribution in [1.29, 1.82) is 0 Å². The Morgan fingerprint density at radius 1 is 1.24 bits per heavy atom. The molecule has 1 aromatic heterocycles. The number of rotatable bonds is 8. The second-order valence-corrected chi connectivity index (χ2v) is 7.57. The first-order valence-electron chi connectivity index (χ1n) is 9.67. The van der Waals surface area contributed by atoms with Crippen LogP contribution in [0.1, 0.15) is 19.0 Å². The molecule has 29 heavy (non-hydrogen) atoms. The van der Waals surface area contributed by atoms with Crippen molar-refractivity contribution < 1.29 is 18.7 Å². The van der Waals surface area contributed by atoms with Crippen molar-refractivity contribution >= 4 is 34.0 Å². The second-order valence-electron chi connectivity index (χ2n) is 6.71. The first-order chi connectivity index (χ1) is 14.0. The quantitative estimate of drug-likeness (QED) is 0.662. The number of para-hydroxylation sites is 1. The lowest BCUT2D eigenvalue weighted by atomic mass is 10.2. The van der Waals surface area contributed by atoms with Crippen LogP contribution in [0, 0.1) is 5.82 Å².